The molecule has 1 aromatic heterocycles. The Morgan fingerprint density at radius 1 is 1.47 bits per heavy atom. The van der Waals surface area contributed by atoms with E-state index in [4.69, 9.17) is 5.11 Å². The Labute approximate surface area is 122 Å². The van der Waals surface area contributed by atoms with Gasteiger partial charge >= 0.3 is 5.97 Å². The number of carbonyl (C=O) groups is 2. The maximum Gasteiger partial charge on any atom is 0.347 e. The van der Waals surface area contributed by atoms with Gasteiger partial charge in [-0.1, -0.05) is 0 Å². The molecule has 106 valence electrons. The SMILES string of the molecule is CC(=O)N1CCCC(c2nc(C)c(C(=O)O)s2)C1.Cl. The summed E-state index contributed by atoms with van der Waals surface area (Å²) >= 11 is 1.24. The van der Waals surface area contributed by atoms with Gasteiger partial charge in [-0.3, -0.25) is 4.79 Å². The number of amides is 1. The summed E-state index contributed by atoms with van der Waals surface area (Å²) in [6.45, 7) is 4.73. The van der Waals surface area contributed by atoms with E-state index in [9.17, 15) is 9.59 Å². The number of piperidine rings is 1. The lowest BCUT2D eigenvalue weighted by atomic mass is 9.99. The van der Waals surface area contributed by atoms with Crippen molar-refractivity contribution in [2.45, 2.75) is 32.6 Å². The van der Waals surface area contributed by atoms with E-state index in [0.29, 0.717) is 17.1 Å². The molecule has 1 unspecified atom stereocenters. The molecule has 0 aromatic carbocycles. The van der Waals surface area contributed by atoms with Gasteiger partial charge in [-0.2, -0.15) is 0 Å². The number of hydrogen-bond acceptors (Lipinski definition) is 4. The largest absolute Gasteiger partial charge is 0.477 e. The van der Waals surface area contributed by atoms with Gasteiger partial charge in [0.1, 0.15) is 4.88 Å². The highest BCUT2D eigenvalue weighted by Crippen LogP contribution is 2.31. The minimum Gasteiger partial charge on any atom is -0.477 e. The molecule has 5 nitrogen and oxygen atoms in total. The first-order chi connectivity index (χ1) is 8.49. The van der Waals surface area contributed by atoms with Crippen LogP contribution in [-0.4, -0.2) is 40.0 Å². The fourth-order valence-electron chi connectivity index (χ4n) is 2.26. The van der Waals surface area contributed by atoms with Crippen LogP contribution in [0.3, 0.4) is 0 Å². The number of aromatic nitrogens is 1. The molecule has 0 bridgehead atoms. The van der Waals surface area contributed by atoms with Crippen molar-refractivity contribution in [2.75, 3.05) is 13.1 Å². The third-order valence-corrected chi connectivity index (χ3v) is 4.53. The molecule has 7 heteroatoms. The lowest BCUT2D eigenvalue weighted by Crippen LogP contribution is -2.37. The second-order valence-corrected chi connectivity index (χ2v) is 5.61. The molecule has 1 aliphatic rings. The number of likely N-dealkylation sites (tertiary alicyclic amines) is 1. The molecule has 1 atom stereocenters. The molecule has 19 heavy (non-hydrogen) atoms. The molecule has 2 heterocycles. The van der Waals surface area contributed by atoms with Gasteiger partial charge in [0, 0.05) is 25.9 Å². The number of aryl methyl sites for hydroxylation is 1. The molecule has 1 N–H and O–H groups in total. The zero-order valence-electron chi connectivity index (χ0n) is 10.9. The molecule has 0 spiro atoms. The molecule has 1 fully saturated rings. The van der Waals surface area contributed by atoms with Crippen LogP contribution in [0.5, 0.6) is 0 Å². The van der Waals surface area contributed by atoms with Crippen molar-refractivity contribution in [2.24, 2.45) is 0 Å². The fraction of sp³-hybridized carbons (Fsp3) is 0.583. The van der Waals surface area contributed by atoms with Crippen molar-refractivity contribution in [1.29, 1.82) is 0 Å². The first kappa shape index (κ1) is 15.9. The summed E-state index contributed by atoms with van der Waals surface area (Å²) in [7, 11) is 0. The number of rotatable bonds is 2. The highest BCUT2D eigenvalue weighted by Gasteiger charge is 2.26. The standard InChI is InChI=1S/C12H16N2O3S.ClH/c1-7-10(12(16)17)18-11(13-7)9-4-3-5-14(6-9)8(2)15;/h9H,3-6H2,1-2H3,(H,16,17);1H. The van der Waals surface area contributed by atoms with E-state index in [1.807, 2.05) is 4.90 Å². The number of carboxylic acids is 1. The van der Waals surface area contributed by atoms with Crippen LogP contribution in [0.15, 0.2) is 0 Å². The van der Waals surface area contributed by atoms with Crippen LogP contribution in [0.2, 0.25) is 0 Å². The minimum absolute atomic E-state index is 0. The molecule has 0 saturated carbocycles. The summed E-state index contributed by atoms with van der Waals surface area (Å²) in [5.41, 5.74) is 0.572. The van der Waals surface area contributed by atoms with Gasteiger partial charge < -0.3 is 10.0 Å². The maximum absolute atomic E-state index is 11.4. The first-order valence-corrected chi connectivity index (χ1v) is 6.77. The van der Waals surface area contributed by atoms with Gasteiger partial charge in [0.25, 0.3) is 0 Å². The average molecular weight is 305 g/mol. The Hall–Kier alpha value is -1.14. The molecule has 2 rings (SSSR count). The molecule has 1 saturated heterocycles. The van der Waals surface area contributed by atoms with Gasteiger partial charge in [-0.25, -0.2) is 9.78 Å². The van der Waals surface area contributed by atoms with Crippen LogP contribution in [-0.2, 0) is 4.79 Å². The van der Waals surface area contributed by atoms with Crippen molar-refractivity contribution < 1.29 is 14.7 Å². The summed E-state index contributed by atoms with van der Waals surface area (Å²) in [5.74, 6) is -0.665. The molecular formula is C12H17ClN2O3S. The Morgan fingerprint density at radius 2 is 2.16 bits per heavy atom. The van der Waals surface area contributed by atoms with Gasteiger partial charge in [0.05, 0.1) is 10.7 Å². The van der Waals surface area contributed by atoms with Crippen LogP contribution in [0.4, 0.5) is 0 Å². The van der Waals surface area contributed by atoms with Gasteiger partial charge in [0.15, 0.2) is 0 Å². The molecule has 1 aliphatic heterocycles. The summed E-state index contributed by atoms with van der Waals surface area (Å²) in [5, 5.41) is 9.87. The van der Waals surface area contributed by atoms with Crippen LogP contribution < -0.4 is 0 Å². The normalized spacial score (nSPS) is 18.8. The van der Waals surface area contributed by atoms with Crippen molar-refractivity contribution in [1.82, 2.24) is 9.88 Å². The maximum atomic E-state index is 11.4. The lowest BCUT2D eigenvalue weighted by molar-refractivity contribution is -0.130. The predicted molar refractivity (Wildman–Crippen MR) is 75.3 cm³/mol. The van der Waals surface area contributed by atoms with Crippen molar-refractivity contribution in [3.05, 3.63) is 15.6 Å². The third-order valence-electron chi connectivity index (χ3n) is 3.22. The number of hydrogen-bond donors (Lipinski definition) is 1. The summed E-state index contributed by atoms with van der Waals surface area (Å²) in [4.78, 5) is 28.8. The average Bonchev–Trinajstić information content (AvgIpc) is 2.71. The van der Waals surface area contributed by atoms with E-state index < -0.39 is 5.97 Å². The summed E-state index contributed by atoms with van der Waals surface area (Å²) < 4.78 is 0. The molecular weight excluding hydrogens is 288 g/mol. The van der Waals surface area contributed by atoms with E-state index >= 15 is 0 Å². The first-order valence-electron chi connectivity index (χ1n) is 5.95. The Kier molecular flexibility index (Phi) is 5.31. The van der Waals surface area contributed by atoms with Crippen molar-refractivity contribution >= 4 is 35.6 Å². The van der Waals surface area contributed by atoms with Crippen LogP contribution in [0.25, 0.3) is 0 Å². The summed E-state index contributed by atoms with van der Waals surface area (Å²) in [6, 6.07) is 0. The highest BCUT2D eigenvalue weighted by molar-refractivity contribution is 7.13. The van der Waals surface area contributed by atoms with Gasteiger partial charge in [0.2, 0.25) is 5.91 Å². The zero-order chi connectivity index (χ0) is 13.3. The molecule has 0 aliphatic carbocycles. The monoisotopic (exact) mass is 304 g/mol. The highest BCUT2D eigenvalue weighted by atomic mass is 35.5. The Balaban J connectivity index is 0.00000180. The number of aromatic carboxylic acids is 1. The molecule has 0 radical (unpaired) electrons. The van der Waals surface area contributed by atoms with E-state index in [1.165, 1.54) is 11.3 Å². The van der Waals surface area contributed by atoms with Crippen LogP contribution in [0, 0.1) is 6.92 Å². The number of nitrogens with zero attached hydrogens (tertiary/aromatic N) is 2. The smallest absolute Gasteiger partial charge is 0.347 e. The molecule has 1 aromatic rings. The minimum atomic E-state index is -0.921. The van der Waals surface area contributed by atoms with Crippen LogP contribution in [0.1, 0.15) is 46.1 Å². The number of thiazole rings is 1. The van der Waals surface area contributed by atoms with E-state index in [-0.39, 0.29) is 24.2 Å². The number of halogens is 1. The Bertz CT molecular complexity index is 489. The van der Waals surface area contributed by atoms with Crippen LogP contribution >= 0.6 is 23.7 Å². The second kappa shape index (κ2) is 6.34. The van der Waals surface area contributed by atoms with Crippen molar-refractivity contribution in [3.8, 4) is 0 Å². The second-order valence-electron chi connectivity index (χ2n) is 4.58. The Morgan fingerprint density at radius 3 is 2.68 bits per heavy atom. The van der Waals surface area contributed by atoms with E-state index in [1.54, 1.807) is 13.8 Å². The number of carbonyl (C=O) groups excluding carboxylic acids is 1. The van der Waals surface area contributed by atoms with Gasteiger partial charge in [-0.15, -0.1) is 23.7 Å². The predicted octanol–water partition coefficient (Wildman–Crippen LogP) is 2.30. The molecule has 1 amide bonds. The lowest BCUT2D eigenvalue weighted by Gasteiger charge is -2.30. The van der Waals surface area contributed by atoms with Gasteiger partial charge in [-0.05, 0) is 19.8 Å². The quantitative estimate of drug-likeness (QED) is 0.910. The zero-order valence-corrected chi connectivity index (χ0v) is 12.5. The number of carboxylic acid groups (broad SMARTS) is 1. The van der Waals surface area contributed by atoms with E-state index in [2.05, 4.69) is 4.98 Å². The fourth-order valence-corrected chi connectivity index (χ4v) is 3.29. The topological polar surface area (TPSA) is 70.5 Å². The van der Waals surface area contributed by atoms with E-state index in [0.717, 1.165) is 24.4 Å². The third kappa shape index (κ3) is 3.45. The summed E-state index contributed by atoms with van der Waals surface area (Å²) in [6.07, 6.45) is 1.92. The van der Waals surface area contributed by atoms with Crippen molar-refractivity contribution in [3.63, 3.8) is 0 Å².